The number of nitrogens with zero attached hydrogens (tertiary/aromatic N) is 2. The van der Waals surface area contributed by atoms with Crippen LogP contribution in [0.2, 0.25) is 5.02 Å². The van der Waals surface area contributed by atoms with E-state index in [1.807, 2.05) is 36.6 Å². The maximum Gasteiger partial charge on any atom is 0.190 e. The maximum absolute atomic E-state index is 6.19. The van der Waals surface area contributed by atoms with Gasteiger partial charge in [-0.05, 0) is 24.3 Å². The maximum atomic E-state index is 6.19. The number of benzene rings is 1. The monoisotopic (exact) mass is 339 g/mol. The molecule has 0 aliphatic rings. The number of nitrogens with one attached hydrogen (secondary N) is 1. The second-order valence-corrected chi connectivity index (χ2v) is 6.56. The Balaban J connectivity index is 2.09. The molecule has 0 bridgehead atoms. The molecule has 21 heavy (non-hydrogen) atoms. The Kier molecular flexibility index (Phi) is 6.67. The third kappa shape index (κ3) is 5.09. The van der Waals surface area contributed by atoms with E-state index in [0.29, 0.717) is 0 Å². The SMILES string of the molecule is CCCNc1cc(SCc2ccccc2Cl)nc(SC)n1. The molecule has 0 fully saturated rings. The Hall–Kier alpha value is -0.910. The molecule has 0 spiro atoms. The van der Waals surface area contributed by atoms with Crippen LogP contribution in [-0.4, -0.2) is 22.8 Å². The van der Waals surface area contributed by atoms with Crippen LogP contribution in [0.15, 0.2) is 40.5 Å². The summed E-state index contributed by atoms with van der Waals surface area (Å²) >= 11 is 9.42. The van der Waals surface area contributed by atoms with Crippen LogP contribution in [0.5, 0.6) is 0 Å². The van der Waals surface area contributed by atoms with Gasteiger partial charge in [-0.1, -0.05) is 48.5 Å². The van der Waals surface area contributed by atoms with Gasteiger partial charge in [0.05, 0.1) is 0 Å². The molecule has 112 valence electrons. The second kappa shape index (κ2) is 8.51. The predicted molar refractivity (Wildman–Crippen MR) is 93.6 cm³/mol. The Morgan fingerprint density at radius 3 is 2.76 bits per heavy atom. The zero-order valence-corrected chi connectivity index (χ0v) is 14.5. The van der Waals surface area contributed by atoms with E-state index in [1.54, 1.807) is 23.5 Å². The summed E-state index contributed by atoms with van der Waals surface area (Å²) in [7, 11) is 0. The summed E-state index contributed by atoms with van der Waals surface area (Å²) in [6.07, 6.45) is 3.06. The van der Waals surface area contributed by atoms with E-state index < -0.39 is 0 Å². The zero-order chi connectivity index (χ0) is 15.1. The quantitative estimate of drug-likeness (QED) is 0.438. The molecule has 0 saturated heterocycles. The van der Waals surface area contributed by atoms with Crippen molar-refractivity contribution in [1.29, 1.82) is 0 Å². The van der Waals surface area contributed by atoms with Crippen LogP contribution in [-0.2, 0) is 5.75 Å². The van der Waals surface area contributed by atoms with Crippen LogP contribution in [0.1, 0.15) is 18.9 Å². The number of rotatable bonds is 7. The Labute approximate surface area is 139 Å². The lowest BCUT2D eigenvalue weighted by Crippen LogP contribution is -2.03. The van der Waals surface area contributed by atoms with Crippen LogP contribution in [0, 0.1) is 0 Å². The molecular weight excluding hydrogens is 322 g/mol. The molecule has 1 N–H and O–H groups in total. The molecule has 1 aromatic carbocycles. The summed E-state index contributed by atoms with van der Waals surface area (Å²) in [5, 5.41) is 5.87. The van der Waals surface area contributed by atoms with Crippen LogP contribution < -0.4 is 5.32 Å². The molecule has 1 aromatic heterocycles. The number of anilines is 1. The highest BCUT2D eigenvalue weighted by Gasteiger charge is 2.06. The highest BCUT2D eigenvalue weighted by atomic mass is 35.5. The summed E-state index contributed by atoms with van der Waals surface area (Å²) in [5.41, 5.74) is 1.12. The van der Waals surface area contributed by atoms with Crippen molar-refractivity contribution in [1.82, 2.24) is 9.97 Å². The molecule has 6 heteroatoms. The smallest absolute Gasteiger partial charge is 0.190 e. The van der Waals surface area contributed by atoms with Gasteiger partial charge >= 0.3 is 0 Å². The number of aromatic nitrogens is 2. The van der Waals surface area contributed by atoms with Gasteiger partial charge in [0.2, 0.25) is 0 Å². The summed E-state index contributed by atoms with van der Waals surface area (Å²) in [5.74, 6) is 1.69. The molecule has 1 heterocycles. The van der Waals surface area contributed by atoms with Crippen molar-refractivity contribution in [3.63, 3.8) is 0 Å². The molecule has 0 radical (unpaired) electrons. The van der Waals surface area contributed by atoms with Crippen LogP contribution in [0.3, 0.4) is 0 Å². The average Bonchev–Trinajstić information content (AvgIpc) is 2.52. The van der Waals surface area contributed by atoms with Gasteiger partial charge in [0.15, 0.2) is 5.16 Å². The third-order valence-corrected chi connectivity index (χ3v) is 4.63. The van der Waals surface area contributed by atoms with Gasteiger partial charge in [0.25, 0.3) is 0 Å². The van der Waals surface area contributed by atoms with Gasteiger partial charge in [0.1, 0.15) is 10.8 Å². The normalized spacial score (nSPS) is 10.6. The molecule has 0 atom stereocenters. The topological polar surface area (TPSA) is 37.8 Å². The lowest BCUT2D eigenvalue weighted by molar-refractivity contribution is 0.878. The first-order valence-electron chi connectivity index (χ1n) is 6.76. The molecule has 3 nitrogen and oxygen atoms in total. The van der Waals surface area contributed by atoms with Crippen molar-refractivity contribution < 1.29 is 0 Å². The molecule has 2 aromatic rings. The summed E-state index contributed by atoms with van der Waals surface area (Å²) in [6.45, 7) is 3.05. The molecule has 0 aliphatic heterocycles. The first-order chi connectivity index (χ1) is 10.2. The number of thioether (sulfide) groups is 2. The Morgan fingerprint density at radius 2 is 2.05 bits per heavy atom. The minimum absolute atomic E-state index is 0.790. The summed E-state index contributed by atoms with van der Waals surface area (Å²) < 4.78 is 0. The Morgan fingerprint density at radius 1 is 1.24 bits per heavy atom. The number of hydrogen-bond donors (Lipinski definition) is 1. The fourth-order valence-corrected chi connectivity index (χ4v) is 3.30. The van der Waals surface area contributed by atoms with Crippen LogP contribution in [0.4, 0.5) is 5.82 Å². The molecule has 0 saturated carbocycles. The first kappa shape index (κ1) is 16.5. The first-order valence-corrected chi connectivity index (χ1v) is 9.35. The number of halogens is 1. The molecule has 0 aliphatic carbocycles. The van der Waals surface area contributed by atoms with E-state index in [-0.39, 0.29) is 0 Å². The van der Waals surface area contributed by atoms with Gasteiger partial charge in [-0.3, -0.25) is 0 Å². The Bertz CT molecular complexity index is 593. The lowest BCUT2D eigenvalue weighted by atomic mass is 10.2. The molecular formula is C15H18ClN3S2. The molecule has 2 rings (SSSR count). The zero-order valence-electron chi connectivity index (χ0n) is 12.1. The third-order valence-electron chi connectivity index (χ3n) is 2.75. The lowest BCUT2D eigenvalue weighted by Gasteiger charge is -2.08. The van der Waals surface area contributed by atoms with E-state index in [4.69, 9.17) is 11.6 Å². The minimum Gasteiger partial charge on any atom is -0.370 e. The van der Waals surface area contributed by atoms with Gasteiger partial charge in [-0.15, -0.1) is 11.8 Å². The van der Waals surface area contributed by atoms with Gasteiger partial charge < -0.3 is 5.32 Å². The molecule has 0 amide bonds. The van der Waals surface area contributed by atoms with E-state index in [2.05, 4.69) is 22.2 Å². The summed E-state index contributed by atoms with van der Waals surface area (Å²) in [6, 6.07) is 9.90. The second-order valence-electron chi connectivity index (χ2n) is 4.38. The van der Waals surface area contributed by atoms with E-state index >= 15 is 0 Å². The standard InChI is InChI=1S/C15H18ClN3S2/c1-3-8-17-13-9-14(19-15(18-13)20-2)21-10-11-6-4-5-7-12(11)16/h4-7,9H,3,8,10H2,1-2H3,(H,17,18,19). The van der Waals surface area contributed by atoms with Crippen LogP contribution >= 0.6 is 35.1 Å². The van der Waals surface area contributed by atoms with E-state index in [0.717, 1.165) is 45.3 Å². The van der Waals surface area contributed by atoms with Crippen molar-refractivity contribution >= 4 is 40.9 Å². The highest BCUT2D eigenvalue weighted by molar-refractivity contribution is 7.99. The highest BCUT2D eigenvalue weighted by Crippen LogP contribution is 2.27. The summed E-state index contributed by atoms with van der Waals surface area (Å²) in [4.78, 5) is 9.00. The van der Waals surface area contributed by atoms with Crippen molar-refractivity contribution in [3.05, 3.63) is 40.9 Å². The van der Waals surface area contributed by atoms with Gasteiger partial charge in [-0.25, -0.2) is 9.97 Å². The van der Waals surface area contributed by atoms with Gasteiger partial charge in [0, 0.05) is 23.4 Å². The van der Waals surface area contributed by atoms with E-state index in [9.17, 15) is 0 Å². The average molecular weight is 340 g/mol. The minimum atomic E-state index is 0.790. The van der Waals surface area contributed by atoms with Gasteiger partial charge in [-0.2, -0.15) is 0 Å². The van der Waals surface area contributed by atoms with Crippen molar-refractivity contribution in [3.8, 4) is 0 Å². The fraction of sp³-hybridized carbons (Fsp3) is 0.333. The van der Waals surface area contributed by atoms with Crippen molar-refractivity contribution in [2.24, 2.45) is 0 Å². The fourth-order valence-electron chi connectivity index (χ4n) is 1.68. The van der Waals surface area contributed by atoms with Crippen LogP contribution in [0.25, 0.3) is 0 Å². The predicted octanol–water partition coefficient (Wildman–Crippen LogP) is 4.97. The van der Waals surface area contributed by atoms with E-state index in [1.165, 1.54) is 0 Å². The largest absolute Gasteiger partial charge is 0.370 e. The van der Waals surface area contributed by atoms with Crippen molar-refractivity contribution in [2.45, 2.75) is 29.3 Å². The number of hydrogen-bond acceptors (Lipinski definition) is 5. The van der Waals surface area contributed by atoms with Crippen molar-refractivity contribution in [2.75, 3.05) is 18.1 Å². The molecule has 0 unspecified atom stereocenters.